The van der Waals surface area contributed by atoms with Crippen molar-refractivity contribution in [2.45, 2.75) is 12.5 Å². The van der Waals surface area contributed by atoms with E-state index in [2.05, 4.69) is 4.98 Å². The highest BCUT2D eigenvalue weighted by Crippen LogP contribution is 2.26. The lowest BCUT2D eigenvalue weighted by molar-refractivity contribution is -0.126. The standard InChI is InChI=1S/C9H11N2O6P/c12-6-3-4-11(9(13)10-6)7-1-2-8(17-7)16-5-18(14)15/h1-4,7-8,14-15H,5H2,(H,10,12,13). The van der Waals surface area contributed by atoms with Crippen LogP contribution >= 0.6 is 8.38 Å². The molecule has 2 unspecified atom stereocenters. The zero-order valence-electron chi connectivity index (χ0n) is 9.09. The van der Waals surface area contributed by atoms with Crippen LogP contribution in [-0.2, 0) is 9.47 Å². The molecule has 98 valence electrons. The lowest BCUT2D eigenvalue weighted by Gasteiger charge is -2.16. The van der Waals surface area contributed by atoms with Crippen LogP contribution in [0.2, 0.25) is 0 Å². The van der Waals surface area contributed by atoms with E-state index < -0.39 is 32.1 Å². The van der Waals surface area contributed by atoms with Gasteiger partial charge in [0, 0.05) is 12.3 Å². The van der Waals surface area contributed by atoms with Crippen LogP contribution in [0.25, 0.3) is 0 Å². The van der Waals surface area contributed by atoms with Gasteiger partial charge in [-0.25, -0.2) is 4.79 Å². The maximum atomic E-state index is 11.5. The van der Waals surface area contributed by atoms with Crippen LogP contribution in [0.1, 0.15) is 6.23 Å². The maximum absolute atomic E-state index is 11.5. The summed E-state index contributed by atoms with van der Waals surface area (Å²) >= 11 is 0. The molecular weight excluding hydrogens is 263 g/mol. The molecule has 9 heteroatoms. The molecule has 0 bridgehead atoms. The van der Waals surface area contributed by atoms with Crippen LogP contribution in [0, 0.1) is 0 Å². The summed E-state index contributed by atoms with van der Waals surface area (Å²) in [5.74, 6) is 0. The lowest BCUT2D eigenvalue weighted by atomic mass is 10.5. The fraction of sp³-hybridized carbons (Fsp3) is 0.333. The van der Waals surface area contributed by atoms with Gasteiger partial charge in [-0.1, -0.05) is 0 Å². The van der Waals surface area contributed by atoms with Crippen molar-refractivity contribution in [3.63, 3.8) is 0 Å². The third kappa shape index (κ3) is 3.12. The van der Waals surface area contributed by atoms with E-state index in [1.165, 1.54) is 16.8 Å². The average molecular weight is 274 g/mol. The highest BCUT2D eigenvalue weighted by molar-refractivity contribution is 7.44. The molecule has 0 spiro atoms. The molecule has 0 amide bonds. The first-order valence-electron chi connectivity index (χ1n) is 4.98. The molecule has 18 heavy (non-hydrogen) atoms. The van der Waals surface area contributed by atoms with Crippen molar-refractivity contribution >= 4 is 8.38 Å². The Morgan fingerprint density at radius 3 is 2.89 bits per heavy atom. The second-order valence-electron chi connectivity index (χ2n) is 3.47. The topological polar surface area (TPSA) is 114 Å². The number of aromatic nitrogens is 2. The van der Waals surface area contributed by atoms with Gasteiger partial charge in [0.05, 0.1) is 0 Å². The molecule has 0 radical (unpaired) electrons. The molecule has 1 aliphatic heterocycles. The minimum absolute atomic E-state index is 0.239. The minimum atomic E-state index is -2.15. The predicted octanol–water partition coefficient (Wildman–Crippen LogP) is -0.782. The van der Waals surface area contributed by atoms with E-state index >= 15 is 0 Å². The molecular formula is C9H11N2O6P. The van der Waals surface area contributed by atoms with Gasteiger partial charge in [0.1, 0.15) is 6.35 Å². The van der Waals surface area contributed by atoms with Gasteiger partial charge in [0.15, 0.2) is 20.9 Å². The van der Waals surface area contributed by atoms with E-state index in [9.17, 15) is 9.59 Å². The number of H-pyrrole nitrogens is 1. The van der Waals surface area contributed by atoms with E-state index in [1.807, 2.05) is 0 Å². The molecule has 1 aromatic heterocycles. The van der Waals surface area contributed by atoms with Gasteiger partial charge in [0.2, 0.25) is 0 Å². The van der Waals surface area contributed by atoms with Crippen molar-refractivity contribution < 1.29 is 19.3 Å². The monoisotopic (exact) mass is 274 g/mol. The Morgan fingerprint density at radius 2 is 2.22 bits per heavy atom. The Bertz CT molecular complexity index is 550. The van der Waals surface area contributed by atoms with Crippen molar-refractivity contribution in [3.8, 4) is 0 Å². The van der Waals surface area contributed by atoms with Crippen LogP contribution < -0.4 is 11.2 Å². The van der Waals surface area contributed by atoms with E-state index in [4.69, 9.17) is 19.3 Å². The Balaban J connectivity index is 2.03. The number of nitrogens with one attached hydrogen (secondary N) is 1. The molecule has 1 aromatic rings. The summed E-state index contributed by atoms with van der Waals surface area (Å²) < 4.78 is 11.5. The maximum Gasteiger partial charge on any atom is 0.330 e. The Kier molecular flexibility index (Phi) is 4.05. The fourth-order valence-electron chi connectivity index (χ4n) is 1.43. The van der Waals surface area contributed by atoms with E-state index in [0.29, 0.717) is 0 Å². The first kappa shape index (κ1) is 13.1. The van der Waals surface area contributed by atoms with Crippen molar-refractivity contribution in [2.75, 3.05) is 6.35 Å². The number of nitrogens with zero attached hydrogens (tertiary/aromatic N) is 1. The van der Waals surface area contributed by atoms with E-state index in [-0.39, 0.29) is 6.35 Å². The predicted molar refractivity (Wildman–Crippen MR) is 61.7 cm³/mol. The van der Waals surface area contributed by atoms with Crippen LogP contribution in [0.4, 0.5) is 0 Å². The first-order valence-corrected chi connectivity index (χ1v) is 6.41. The number of hydrogen-bond donors (Lipinski definition) is 3. The molecule has 3 N–H and O–H groups in total. The second-order valence-corrected chi connectivity index (χ2v) is 4.47. The lowest BCUT2D eigenvalue weighted by Crippen LogP contribution is -2.31. The van der Waals surface area contributed by atoms with Crippen LogP contribution in [0.5, 0.6) is 0 Å². The number of hydrogen-bond acceptors (Lipinski definition) is 6. The zero-order valence-corrected chi connectivity index (χ0v) is 9.99. The number of aromatic amines is 1. The summed E-state index contributed by atoms with van der Waals surface area (Å²) in [6.45, 7) is 0. The molecule has 2 atom stereocenters. The van der Waals surface area contributed by atoms with E-state index in [0.717, 1.165) is 0 Å². The third-order valence-corrected chi connectivity index (χ3v) is 2.57. The van der Waals surface area contributed by atoms with Crippen molar-refractivity contribution in [2.24, 2.45) is 0 Å². The minimum Gasteiger partial charge on any atom is -0.348 e. The average Bonchev–Trinajstić information content (AvgIpc) is 2.75. The van der Waals surface area contributed by atoms with Crippen LogP contribution in [0.3, 0.4) is 0 Å². The van der Waals surface area contributed by atoms with Gasteiger partial charge in [-0.05, 0) is 12.2 Å². The highest BCUT2D eigenvalue weighted by Gasteiger charge is 2.22. The Morgan fingerprint density at radius 1 is 1.44 bits per heavy atom. The molecule has 0 saturated heterocycles. The van der Waals surface area contributed by atoms with Gasteiger partial charge in [-0.2, -0.15) is 0 Å². The molecule has 0 aliphatic carbocycles. The Hall–Kier alpha value is -1.31. The van der Waals surface area contributed by atoms with Gasteiger partial charge in [-0.15, -0.1) is 0 Å². The van der Waals surface area contributed by atoms with Gasteiger partial charge in [0.25, 0.3) is 5.56 Å². The smallest absolute Gasteiger partial charge is 0.330 e. The normalized spacial score (nSPS) is 22.8. The fourth-order valence-corrected chi connectivity index (χ4v) is 1.72. The number of rotatable bonds is 4. The number of ether oxygens (including phenoxy) is 2. The van der Waals surface area contributed by atoms with Crippen molar-refractivity contribution in [3.05, 3.63) is 45.3 Å². The van der Waals surface area contributed by atoms with Crippen molar-refractivity contribution in [1.29, 1.82) is 0 Å². The highest BCUT2D eigenvalue weighted by atomic mass is 31.2. The summed E-state index contributed by atoms with van der Waals surface area (Å²) in [6, 6.07) is 1.20. The summed E-state index contributed by atoms with van der Waals surface area (Å²) in [5.41, 5.74) is -1.08. The molecule has 1 aliphatic rings. The molecule has 0 aromatic carbocycles. The molecule has 0 saturated carbocycles. The summed E-state index contributed by atoms with van der Waals surface area (Å²) in [6.07, 6.45) is 2.74. The summed E-state index contributed by atoms with van der Waals surface area (Å²) in [7, 11) is -2.15. The van der Waals surface area contributed by atoms with Crippen LogP contribution in [0.15, 0.2) is 34.0 Å². The molecule has 8 nitrogen and oxygen atoms in total. The Labute approximate surface area is 102 Å². The van der Waals surface area contributed by atoms with Gasteiger partial charge in [-0.3, -0.25) is 14.3 Å². The quantitative estimate of drug-likeness (QED) is 0.490. The molecule has 2 rings (SSSR count). The summed E-state index contributed by atoms with van der Waals surface area (Å²) in [4.78, 5) is 41.9. The van der Waals surface area contributed by atoms with Crippen LogP contribution in [-0.4, -0.2) is 32.0 Å². The molecule has 2 heterocycles. The second kappa shape index (κ2) is 5.55. The SMILES string of the molecule is O=c1ccn(C2C=CC(OCP(O)O)O2)c(=O)[nH]1. The first-order chi connectivity index (χ1) is 8.56. The van der Waals surface area contributed by atoms with Gasteiger partial charge >= 0.3 is 5.69 Å². The van der Waals surface area contributed by atoms with Crippen molar-refractivity contribution in [1.82, 2.24) is 9.55 Å². The third-order valence-electron chi connectivity index (χ3n) is 2.19. The molecule has 0 fully saturated rings. The zero-order chi connectivity index (χ0) is 13.1. The van der Waals surface area contributed by atoms with Gasteiger partial charge < -0.3 is 19.3 Å². The largest absolute Gasteiger partial charge is 0.348 e. The summed E-state index contributed by atoms with van der Waals surface area (Å²) in [5, 5.41) is 0. The van der Waals surface area contributed by atoms with E-state index in [1.54, 1.807) is 12.2 Å².